The highest BCUT2D eigenvalue weighted by Crippen LogP contribution is 2.34. The van der Waals surface area contributed by atoms with Crippen molar-refractivity contribution in [2.45, 2.75) is 25.3 Å². The standard InChI is InChI=1S/C17H18BrN3O2/c1-17(5-7-23-8-6-17)21-15-12-9-11(18)3-4-13(12)19-10-14(15)20(2)16(21)22/h3-4,9-10H,5-8H2,1-2H3. The van der Waals surface area contributed by atoms with Crippen LogP contribution in [-0.2, 0) is 17.3 Å². The van der Waals surface area contributed by atoms with E-state index in [-0.39, 0.29) is 11.2 Å². The fourth-order valence-corrected chi connectivity index (χ4v) is 3.87. The summed E-state index contributed by atoms with van der Waals surface area (Å²) < 4.78 is 10.2. The second kappa shape index (κ2) is 5.18. The second-order valence-corrected chi connectivity index (χ2v) is 7.36. The van der Waals surface area contributed by atoms with E-state index in [1.54, 1.807) is 10.8 Å². The Morgan fingerprint density at radius 3 is 2.78 bits per heavy atom. The van der Waals surface area contributed by atoms with Gasteiger partial charge in [0.05, 0.1) is 28.3 Å². The quantitative estimate of drug-likeness (QED) is 0.656. The van der Waals surface area contributed by atoms with Crippen LogP contribution in [0.5, 0.6) is 0 Å². The fourth-order valence-electron chi connectivity index (χ4n) is 3.51. The van der Waals surface area contributed by atoms with Crippen LogP contribution < -0.4 is 5.69 Å². The van der Waals surface area contributed by atoms with E-state index in [4.69, 9.17) is 4.74 Å². The lowest BCUT2D eigenvalue weighted by molar-refractivity contribution is 0.0297. The van der Waals surface area contributed by atoms with Crippen molar-refractivity contribution in [2.24, 2.45) is 7.05 Å². The van der Waals surface area contributed by atoms with Gasteiger partial charge >= 0.3 is 5.69 Å². The van der Waals surface area contributed by atoms with Gasteiger partial charge in [-0.2, -0.15) is 0 Å². The summed E-state index contributed by atoms with van der Waals surface area (Å²) in [5.41, 5.74) is 2.52. The van der Waals surface area contributed by atoms with Crippen molar-refractivity contribution in [1.82, 2.24) is 14.1 Å². The number of hydrogen-bond acceptors (Lipinski definition) is 3. The van der Waals surface area contributed by atoms with E-state index < -0.39 is 0 Å². The van der Waals surface area contributed by atoms with E-state index in [1.807, 2.05) is 29.8 Å². The maximum atomic E-state index is 13.0. The van der Waals surface area contributed by atoms with Crippen molar-refractivity contribution in [3.05, 3.63) is 39.4 Å². The minimum absolute atomic E-state index is 0.0127. The van der Waals surface area contributed by atoms with E-state index in [0.717, 1.165) is 39.3 Å². The summed E-state index contributed by atoms with van der Waals surface area (Å²) in [6, 6.07) is 6.00. The first-order valence-electron chi connectivity index (χ1n) is 7.75. The summed E-state index contributed by atoms with van der Waals surface area (Å²) in [5.74, 6) is 0. The first-order chi connectivity index (χ1) is 11.0. The van der Waals surface area contributed by atoms with E-state index in [2.05, 4.69) is 27.8 Å². The molecule has 0 aliphatic carbocycles. The van der Waals surface area contributed by atoms with Gasteiger partial charge in [-0.25, -0.2) is 4.79 Å². The zero-order chi connectivity index (χ0) is 16.2. The highest BCUT2D eigenvalue weighted by molar-refractivity contribution is 9.10. The Balaban J connectivity index is 2.16. The number of aryl methyl sites for hydroxylation is 1. The summed E-state index contributed by atoms with van der Waals surface area (Å²) in [7, 11) is 1.81. The Morgan fingerprint density at radius 1 is 1.30 bits per heavy atom. The molecule has 0 amide bonds. The second-order valence-electron chi connectivity index (χ2n) is 6.44. The lowest BCUT2D eigenvalue weighted by atomic mass is 9.92. The highest BCUT2D eigenvalue weighted by atomic mass is 79.9. The lowest BCUT2D eigenvalue weighted by Gasteiger charge is -2.35. The molecule has 3 aromatic rings. The van der Waals surface area contributed by atoms with Crippen LogP contribution in [0, 0.1) is 0 Å². The van der Waals surface area contributed by atoms with Crippen molar-refractivity contribution in [3.8, 4) is 0 Å². The van der Waals surface area contributed by atoms with Crippen molar-refractivity contribution < 1.29 is 4.74 Å². The normalized spacial score (nSPS) is 17.9. The summed E-state index contributed by atoms with van der Waals surface area (Å²) in [6.45, 7) is 3.53. The molecule has 1 aliphatic heterocycles. The molecule has 0 atom stereocenters. The van der Waals surface area contributed by atoms with Gasteiger partial charge in [0.25, 0.3) is 0 Å². The number of halogens is 1. The van der Waals surface area contributed by atoms with Gasteiger partial charge in [0, 0.05) is 30.1 Å². The number of hydrogen-bond donors (Lipinski definition) is 0. The van der Waals surface area contributed by atoms with Crippen molar-refractivity contribution in [2.75, 3.05) is 13.2 Å². The maximum absolute atomic E-state index is 13.0. The SMILES string of the molecule is Cn1c(=O)n(C2(C)CCOCC2)c2c3cc(Br)ccc3ncc21. The fraction of sp³-hybridized carbons (Fsp3) is 0.412. The van der Waals surface area contributed by atoms with E-state index >= 15 is 0 Å². The molecule has 1 saturated heterocycles. The van der Waals surface area contributed by atoms with E-state index in [1.165, 1.54) is 0 Å². The first kappa shape index (κ1) is 14.9. The molecule has 0 unspecified atom stereocenters. The Bertz CT molecular complexity index is 967. The smallest absolute Gasteiger partial charge is 0.329 e. The average Bonchev–Trinajstić information content (AvgIpc) is 2.81. The number of imidazole rings is 1. The number of ether oxygens (including phenoxy) is 1. The van der Waals surface area contributed by atoms with Gasteiger partial charge in [0.1, 0.15) is 0 Å². The third kappa shape index (κ3) is 2.16. The van der Waals surface area contributed by atoms with E-state index in [0.29, 0.717) is 13.2 Å². The minimum Gasteiger partial charge on any atom is -0.381 e. The number of rotatable bonds is 1. The van der Waals surface area contributed by atoms with Crippen LogP contribution in [0.15, 0.2) is 33.7 Å². The zero-order valence-corrected chi connectivity index (χ0v) is 14.8. The molecule has 4 rings (SSSR count). The molecule has 0 N–H and O–H groups in total. The topological polar surface area (TPSA) is 49.0 Å². The number of aromatic nitrogens is 3. The molecule has 6 heteroatoms. The molecule has 5 nitrogen and oxygen atoms in total. The highest BCUT2D eigenvalue weighted by Gasteiger charge is 2.33. The molecule has 1 aliphatic rings. The van der Waals surface area contributed by atoms with Gasteiger partial charge in [-0.1, -0.05) is 15.9 Å². The van der Waals surface area contributed by atoms with Crippen LogP contribution >= 0.6 is 15.9 Å². The molecular formula is C17H18BrN3O2. The lowest BCUT2D eigenvalue weighted by Crippen LogP contribution is -2.43. The van der Waals surface area contributed by atoms with Gasteiger partial charge in [-0.15, -0.1) is 0 Å². The number of benzene rings is 1. The van der Waals surface area contributed by atoms with E-state index in [9.17, 15) is 4.79 Å². The molecule has 23 heavy (non-hydrogen) atoms. The van der Waals surface area contributed by atoms with Gasteiger partial charge in [0.2, 0.25) is 0 Å². The van der Waals surface area contributed by atoms with Gasteiger partial charge in [-0.3, -0.25) is 14.1 Å². The number of pyridine rings is 1. The molecule has 2 aromatic heterocycles. The molecule has 120 valence electrons. The van der Waals surface area contributed by atoms with Crippen LogP contribution in [0.3, 0.4) is 0 Å². The molecular weight excluding hydrogens is 358 g/mol. The molecule has 0 bridgehead atoms. The third-order valence-electron chi connectivity index (χ3n) is 4.96. The minimum atomic E-state index is -0.231. The number of nitrogens with zero attached hydrogens (tertiary/aromatic N) is 3. The van der Waals surface area contributed by atoms with Crippen LogP contribution in [-0.4, -0.2) is 27.3 Å². The molecule has 0 radical (unpaired) electrons. The largest absolute Gasteiger partial charge is 0.381 e. The predicted molar refractivity (Wildman–Crippen MR) is 93.9 cm³/mol. The molecule has 1 aromatic carbocycles. The van der Waals surface area contributed by atoms with Crippen LogP contribution in [0.4, 0.5) is 0 Å². The van der Waals surface area contributed by atoms with Crippen molar-refractivity contribution in [1.29, 1.82) is 0 Å². The molecule has 0 spiro atoms. The monoisotopic (exact) mass is 375 g/mol. The van der Waals surface area contributed by atoms with Gasteiger partial charge < -0.3 is 4.74 Å². The average molecular weight is 376 g/mol. The summed E-state index contributed by atoms with van der Waals surface area (Å²) >= 11 is 3.54. The number of fused-ring (bicyclic) bond motifs is 3. The Labute approximate surface area is 142 Å². The summed E-state index contributed by atoms with van der Waals surface area (Å²) in [6.07, 6.45) is 3.47. The first-order valence-corrected chi connectivity index (χ1v) is 8.54. The van der Waals surface area contributed by atoms with Crippen molar-refractivity contribution >= 4 is 37.9 Å². The Kier molecular flexibility index (Phi) is 3.35. The predicted octanol–water partition coefficient (Wildman–Crippen LogP) is 3.18. The maximum Gasteiger partial charge on any atom is 0.329 e. The van der Waals surface area contributed by atoms with Crippen LogP contribution in [0.1, 0.15) is 19.8 Å². The van der Waals surface area contributed by atoms with Gasteiger partial charge in [0.15, 0.2) is 0 Å². The molecule has 1 fully saturated rings. The third-order valence-corrected chi connectivity index (χ3v) is 5.45. The van der Waals surface area contributed by atoms with Crippen LogP contribution in [0.2, 0.25) is 0 Å². The van der Waals surface area contributed by atoms with Crippen molar-refractivity contribution in [3.63, 3.8) is 0 Å². The molecule has 3 heterocycles. The van der Waals surface area contributed by atoms with Crippen LogP contribution in [0.25, 0.3) is 21.9 Å². The molecule has 0 saturated carbocycles. The van der Waals surface area contributed by atoms with Gasteiger partial charge in [-0.05, 0) is 38.0 Å². The summed E-state index contributed by atoms with van der Waals surface area (Å²) in [4.78, 5) is 17.5. The Hall–Kier alpha value is -1.66. The Morgan fingerprint density at radius 2 is 2.04 bits per heavy atom. The summed E-state index contributed by atoms with van der Waals surface area (Å²) in [5, 5.41) is 1.00. The zero-order valence-electron chi connectivity index (χ0n) is 13.2.